The highest BCUT2D eigenvalue weighted by Crippen LogP contribution is 2.34. The van der Waals surface area contributed by atoms with Crippen molar-refractivity contribution in [2.45, 2.75) is 57.8 Å². The molecule has 0 atom stereocenters. The van der Waals surface area contributed by atoms with Crippen LogP contribution in [0.1, 0.15) is 57.8 Å². The van der Waals surface area contributed by atoms with E-state index in [9.17, 15) is 10.1 Å². The van der Waals surface area contributed by atoms with Gasteiger partial charge >= 0.3 is 0 Å². The van der Waals surface area contributed by atoms with E-state index in [1.54, 1.807) is 0 Å². The Balaban J connectivity index is 1.76. The Bertz CT molecular complexity index is 372. The van der Waals surface area contributed by atoms with Crippen LogP contribution in [-0.2, 0) is 4.79 Å². The van der Waals surface area contributed by atoms with Gasteiger partial charge in [0.25, 0.3) is 0 Å². The summed E-state index contributed by atoms with van der Waals surface area (Å²) < 4.78 is 0. The van der Waals surface area contributed by atoms with E-state index in [0.717, 1.165) is 57.4 Å². The molecule has 2 aliphatic rings. The Morgan fingerprint density at radius 3 is 2.43 bits per heavy atom. The number of piperidine rings is 1. The van der Waals surface area contributed by atoms with Crippen LogP contribution in [0.4, 0.5) is 0 Å². The smallest absolute Gasteiger partial charge is 0.240 e. The molecule has 0 radical (unpaired) electrons. The van der Waals surface area contributed by atoms with E-state index in [1.165, 1.54) is 25.9 Å². The molecular formula is C17H29N3O. The molecule has 21 heavy (non-hydrogen) atoms. The quantitative estimate of drug-likeness (QED) is 0.810. The zero-order valence-corrected chi connectivity index (χ0v) is 13.4. The molecule has 1 heterocycles. The maximum atomic E-state index is 12.5. The number of hydrogen-bond acceptors (Lipinski definition) is 3. The molecule has 0 bridgehead atoms. The second-order valence-corrected chi connectivity index (χ2v) is 6.90. The third-order valence-corrected chi connectivity index (χ3v) is 5.28. The Morgan fingerprint density at radius 2 is 1.86 bits per heavy atom. The first-order chi connectivity index (χ1) is 10.2. The van der Waals surface area contributed by atoms with E-state index >= 15 is 0 Å². The highest BCUT2D eigenvalue weighted by Gasteiger charge is 2.38. The number of hydrogen-bond donors (Lipinski definition) is 1. The van der Waals surface area contributed by atoms with Crippen LogP contribution < -0.4 is 5.32 Å². The number of nitrogens with one attached hydrogen (secondary N) is 1. The van der Waals surface area contributed by atoms with E-state index in [2.05, 4.69) is 23.3 Å². The maximum absolute atomic E-state index is 12.5. The molecule has 0 spiro atoms. The Hall–Kier alpha value is -1.08. The number of carbonyl (C=O) groups excluding carboxylic acids is 1. The van der Waals surface area contributed by atoms with Crippen molar-refractivity contribution in [2.75, 3.05) is 26.7 Å². The van der Waals surface area contributed by atoms with E-state index < -0.39 is 5.41 Å². The first-order valence-corrected chi connectivity index (χ1v) is 8.54. The molecule has 1 aliphatic heterocycles. The normalized spacial score (nSPS) is 24.0. The standard InChI is InChI=1S/C17H29N3O/c1-20-12-7-15(8-13-20)6-11-19-16(21)17(14-18)9-4-2-3-5-10-17/h15H,2-13H2,1H3,(H,19,21). The van der Waals surface area contributed by atoms with E-state index in [4.69, 9.17) is 0 Å². The lowest BCUT2D eigenvalue weighted by Crippen LogP contribution is -2.41. The zero-order valence-electron chi connectivity index (χ0n) is 13.4. The van der Waals surface area contributed by atoms with Crippen LogP contribution in [0.25, 0.3) is 0 Å². The minimum Gasteiger partial charge on any atom is -0.355 e. The SMILES string of the molecule is CN1CCC(CCNC(=O)C2(C#N)CCCCCC2)CC1. The molecule has 1 saturated carbocycles. The molecule has 1 N–H and O–H groups in total. The van der Waals surface area contributed by atoms with Crippen LogP contribution in [0.3, 0.4) is 0 Å². The molecule has 118 valence electrons. The molecule has 0 aromatic rings. The average molecular weight is 291 g/mol. The largest absolute Gasteiger partial charge is 0.355 e. The van der Waals surface area contributed by atoms with Crippen molar-refractivity contribution in [1.29, 1.82) is 5.26 Å². The van der Waals surface area contributed by atoms with Gasteiger partial charge in [-0.1, -0.05) is 25.7 Å². The van der Waals surface area contributed by atoms with Crippen LogP contribution >= 0.6 is 0 Å². The topological polar surface area (TPSA) is 56.1 Å². The van der Waals surface area contributed by atoms with Gasteiger partial charge in [0.1, 0.15) is 5.41 Å². The summed E-state index contributed by atoms with van der Waals surface area (Å²) in [6, 6.07) is 2.33. The predicted octanol–water partition coefficient (Wildman–Crippen LogP) is 2.70. The lowest BCUT2D eigenvalue weighted by atomic mass is 9.81. The second-order valence-electron chi connectivity index (χ2n) is 6.90. The van der Waals surface area contributed by atoms with Gasteiger partial charge < -0.3 is 10.2 Å². The van der Waals surface area contributed by atoms with Gasteiger partial charge in [-0.05, 0) is 58.2 Å². The van der Waals surface area contributed by atoms with Crippen LogP contribution in [0, 0.1) is 22.7 Å². The Kier molecular flexibility index (Phi) is 6.05. The highest BCUT2D eigenvalue weighted by molar-refractivity contribution is 5.85. The van der Waals surface area contributed by atoms with Gasteiger partial charge in [-0.15, -0.1) is 0 Å². The third kappa shape index (κ3) is 4.44. The van der Waals surface area contributed by atoms with Gasteiger partial charge in [-0.3, -0.25) is 4.79 Å². The molecule has 0 unspecified atom stereocenters. The minimum absolute atomic E-state index is 0.0140. The van der Waals surface area contributed by atoms with Crippen molar-refractivity contribution >= 4 is 5.91 Å². The van der Waals surface area contributed by atoms with Crippen molar-refractivity contribution < 1.29 is 4.79 Å². The van der Waals surface area contributed by atoms with E-state index in [1.807, 2.05) is 0 Å². The zero-order chi connectivity index (χ0) is 15.1. The summed E-state index contributed by atoms with van der Waals surface area (Å²) in [7, 11) is 2.17. The van der Waals surface area contributed by atoms with Gasteiger partial charge in [-0.25, -0.2) is 0 Å². The van der Waals surface area contributed by atoms with Gasteiger partial charge in [0.15, 0.2) is 0 Å². The maximum Gasteiger partial charge on any atom is 0.240 e. The molecule has 1 aliphatic carbocycles. The van der Waals surface area contributed by atoms with E-state index in [0.29, 0.717) is 0 Å². The Labute approximate surface area is 128 Å². The summed E-state index contributed by atoms with van der Waals surface area (Å²) in [6.45, 7) is 3.07. The first kappa shape index (κ1) is 16.3. The number of nitrogens with zero attached hydrogens (tertiary/aromatic N) is 2. The van der Waals surface area contributed by atoms with Crippen molar-refractivity contribution in [3.8, 4) is 6.07 Å². The van der Waals surface area contributed by atoms with Crippen molar-refractivity contribution in [3.63, 3.8) is 0 Å². The third-order valence-electron chi connectivity index (χ3n) is 5.28. The molecule has 0 aromatic heterocycles. The minimum atomic E-state index is -0.747. The van der Waals surface area contributed by atoms with Crippen LogP contribution in [0.2, 0.25) is 0 Å². The second kappa shape index (κ2) is 7.79. The number of carbonyl (C=O) groups is 1. The number of amides is 1. The summed E-state index contributed by atoms with van der Waals surface area (Å²) >= 11 is 0. The van der Waals surface area contributed by atoms with Gasteiger partial charge in [0.2, 0.25) is 5.91 Å². The molecule has 1 saturated heterocycles. The predicted molar refractivity (Wildman–Crippen MR) is 83.6 cm³/mol. The monoisotopic (exact) mass is 291 g/mol. The van der Waals surface area contributed by atoms with Crippen LogP contribution in [0.15, 0.2) is 0 Å². The fourth-order valence-corrected chi connectivity index (χ4v) is 3.63. The van der Waals surface area contributed by atoms with Crippen LogP contribution in [0.5, 0.6) is 0 Å². The average Bonchev–Trinajstić information content (AvgIpc) is 2.75. The molecule has 0 aromatic carbocycles. The number of rotatable bonds is 4. The van der Waals surface area contributed by atoms with E-state index in [-0.39, 0.29) is 5.91 Å². The molecule has 2 rings (SSSR count). The van der Waals surface area contributed by atoms with Crippen LogP contribution in [-0.4, -0.2) is 37.5 Å². The number of likely N-dealkylation sites (tertiary alicyclic amines) is 1. The molecule has 4 nitrogen and oxygen atoms in total. The summed E-state index contributed by atoms with van der Waals surface area (Å²) in [5.74, 6) is 0.716. The van der Waals surface area contributed by atoms with Crippen molar-refractivity contribution in [3.05, 3.63) is 0 Å². The van der Waals surface area contributed by atoms with Crippen molar-refractivity contribution in [2.24, 2.45) is 11.3 Å². The summed E-state index contributed by atoms with van der Waals surface area (Å²) in [6.07, 6.45) is 9.34. The van der Waals surface area contributed by atoms with Gasteiger partial charge in [0, 0.05) is 6.54 Å². The van der Waals surface area contributed by atoms with Crippen molar-refractivity contribution in [1.82, 2.24) is 10.2 Å². The molecule has 1 amide bonds. The van der Waals surface area contributed by atoms with Gasteiger partial charge in [0.05, 0.1) is 6.07 Å². The highest BCUT2D eigenvalue weighted by atomic mass is 16.2. The molecule has 2 fully saturated rings. The summed E-state index contributed by atoms with van der Waals surface area (Å²) in [4.78, 5) is 14.8. The lowest BCUT2D eigenvalue weighted by molar-refractivity contribution is -0.128. The summed E-state index contributed by atoms with van der Waals surface area (Å²) in [5, 5.41) is 12.6. The molecular weight excluding hydrogens is 262 g/mol. The van der Waals surface area contributed by atoms with Gasteiger partial charge in [-0.2, -0.15) is 5.26 Å². The Morgan fingerprint density at radius 1 is 1.24 bits per heavy atom. The summed E-state index contributed by atoms with van der Waals surface area (Å²) in [5.41, 5.74) is -0.747. The molecule has 4 heteroatoms. The first-order valence-electron chi connectivity index (χ1n) is 8.54. The number of nitriles is 1. The fourth-order valence-electron chi connectivity index (χ4n) is 3.63. The fraction of sp³-hybridized carbons (Fsp3) is 0.882. The lowest BCUT2D eigenvalue weighted by Gasteiger charge is -2.29.